The van der Waals surface area contributed by atoms with Gasteiger partial charge in [-0.15, -0.1) is 5.54 Å². The van der Waals surface area contributed by atoms with Gasteiger partial charge in [0.25, 0.3) is 0 Å². The molecule has 0 amide bonds. The molecule has 0 saturated carbocycles. The molecule has 0 saturated heterocycles. The van der Waals surface area contributed by atoms with Crippen LogP contribution in [0.15, 0.2) is 60.7 Å². The molecule has 0 unspecified atom stereocenters. The van der Waals surface area contributed by atoms with Crippen molar-refractivity contribution in [3.63, 3.8) is 0 Å². The first-order valence-corrected chi connectivity index (χ1v) is 11.3. The van der Waals surface area contributed by atoms with Crippen molar-refractivity contribution in [1.29, 1.82) is 0 Å². The summed E-state index contributed by atoms with van der Waals surface area (Å²) in [5.41, 5.74) is 6.15. The summed E-state index contributed by atoms with van der Waals surface area (Å²) in [5, 5.41) is 0. The van der Waals surface area contributed by atoms with Crippen LogP contribution < -0.4 is 0 Å². The molecule has 1 nitrogen and oxygen atoms in total. The average Bonchev–Trinajstić information content (AvgIpc) is 2.48. The van der Waals surface area contributed by atoms with Crippen LogP contribution in [0, 0.1) is 11.5 Å². The van der Waals surface area contributed by atoms with E-state index >= 15 is 0 Å². The monoisotopic (exact) mass is 307 g/mol. The summed E-state index contributed by atoms with van der Waals surface area (Å²) in [7, 11) is -1.30. The van der Waals surface area contributed by atoms with Crippen LogP contribution in [0.2, 0.25) is 19.6 Å². The van der Waals surface area contributed by atoms with E-state index in [2.05, 4.69) is 96.7 Å². The minimum atomic E-state index is -1.30. The molecule has 0 bridgehead atoms. The fourth-order valence-electron chi connectivity index (χ4n) is 2.27. The summed E-state index contributed by atoms with van der Waals surface area (Å²) in [6.07, 6.45) is 0. The third-order valence-corrected chi connectivity index (χ3v) is 4.19. The van der Waals surface area contributed by atoms with Crippen molar-refractivity contribution >= 4 is 8.07 Å². The maximum absolute atomic E-state index is 3.47. The highest BCUT2D eigenvalue weighted by Gasteiger charge is 2.09. The third kappa shape index (κ3) is 6.30. The van der Waals surface area contributed by atoms with Crippen molar-refractivity contribution in [1.82, 2.24) is 4.90 Å². The molecule has 0 N–H and O–H groups in total. The van der Waals surface area contributed by atoms with E-state index in [1.54, 1.807) is 0 Å². The highest BCUT2D eigenvalue weighted by Crippen LogP contribution is 2.09. The van der Waals surface area contributed by atoms with E-state index in [4.69, 9.17) is 0 Å². The van der Waals surface area contributed by atoms with Crippen LogP contribution in [0.4, 0.5) is 0 Å². The van der Waals surface area contributed by atoms with Crippen molar-refractivity contribution in [3.8, 4) is 11.5 Å². The van der Waals surface area contributed by atoms with Gasteiger partial charge in [0.2, 0.25) is 0 Å². The fraction of sp³-hybridized carbons (Fsp3) is 0.300. The Bertz CT molecular complexity index is 576. The molecule has 114 valence electrons. The first kappa shape index (κ1) is 16.5. The zero-order valence-corrected chi connectivity index (χ0v) is 14.8. The van der Waals surface area contributed by atoms with Crippen LogP contribution in [0.5, 0.6) is 0 Å². The van der Waals surface area contributed by atoms with Gasteiger partial charge in [-0.25, -0.2) is 0 Å². The lowest BCUT2D eigenvalue weighted by molar-refractivity contribution is 0.290. The normalized spacial score (nSPS) is 11.1. The van der Waals surface area contributed by atoms with Gasteiger partial charge in [-0.3, -0.25) is 4.90 Å². The Morgan fingerprint density at radius 1 is 0.773 bits per heavy atom. The molecular formula is C20H25NSi. The van der Waals surface area contributed by atoms with Crippen molar-refractivity contribution in [2.75, 3.05) is 6.54 Å². The molecule has 2 rings (SSSR count). The molecule has 22 heavy (non-hydrogen) atoms. The number of hydrogen-bond donors (Lipinski definition) is 0. The molecule has 0 radical (unpaired) electrons. The summed E-state index contributed by atoms with van der Waals surface area (Å²) in [6, 6.07) is 21.3. The summed E-state index contributed by atoms with van der Waals surface area (Å²) < 4.78 is 0. The molecule has 0 aliphatic heterocycles. The molecule has 0 atom stereocenters. The molecule has 2 heteroatoms. The van der Waals surface area contributed by atoms with Gasteiger partial charge in [-0.2, -0.15) is 0 Å². The molecular weight excluding hydrogens is 282 g/mol. The smallest absolute Gasteiger partial charge is 0.129 e. The maximum atomic E-state index is 3.47. The molecule has 0 spiro atoms. The molecule has 0 aromatic heterocycles. The molecule has 2 aromatic carbocycles. The molecule has 0 fully saturated rings. The lowest BCUT2D eigenvalue weighted by Crippen LogP contribution is -2.24. The number of nitrogens with zero attached hydrogens (tertiary/aromatic N) is 1. The Morgan fingerprint density at radius 3 is 1.64 bits per heavy atom. The van der Waals surface area contributed by atoms with Gasteiger partial charge >= 0.3 is 0 Å². The molecule has 0 aliphatic carbocycles. The predicted octanol–water partition coefficient (Wildman–Crippen LogP) is 4.57. The van der Waals surface area contributed by atoms with Crippen molar-refractivity contribution in [2.45, 2.75) is 32.7 Å². The van der Waals surface area contributed by atoms with Gasteiger partial charge in [0.1, 0.15) is 8.07 Å². The minimum absolute atomic E-state index is 0.827. The Balaban J connectivity index is 2.07. The lowest BCUT2D eigenvalue weighted by Gasteiger charge is -2.20. The van der Waals surface area contributed by atoms with Crippen molar-refractivity contribution < 1.29 is 0 Å². The Morgan fingerprint density at radius 2 is 1.23 bits per heavy atom. The minimum Gasteiger partial charge on any atom is -0.284 e. The third-order valence-electron chi connectivity index (χ3n) is 3.26. The zero-order valence-electron chi connectivity index (χ0n) is 13.8. The number of hydrogen-bond acceptors (Lipinski definition) is 1. The average molecular weight is 308 g/mol. The highest BCUT2D eigenvalue weighted by molar-refractivity contribution is 6.83. The number of rotatable bonds is 5. The predicted molar refractivity (Wildman–Crippen MR) is 98.1 cm³/mol. The lowest BCUT2D eigenvalue weighted by atomic mass is 10.1. The first-order chi connectivity index (χ1) is 10.5. The summed E-state index contributed by atoms with van der Waals surface area (Å²) in [5.74, 6) is 3.40. The van der Waals surface area contributed by atoms with Crippen LogP contribution in [-0.2, 0) is 13.1 Å². The van der Waals surface area contributed by atoms with Crippen LogP contribution in [0.3, 0.4) is 0 Å². The van der Waals surface area contributed by atoms with Gasteiger partial charge in [0.05, 0.1) is 6.54 Å². The van der Waals surface area contributed by atoms with E-state index < -0.39 is 8.07 Å². The van der Waals surface area contributed by atoms with Crippen LogP contribution >= 0.6 is 0 Å². The quantitative estimate of drug-likeness (QED) is 0.578. The maximum Gasteiger partial charge on any atom is 0.129 e. The second-order valence-corrected chi connectivity index (χ2v) is 11.4. The topological polar surface area (TPSA) is 3.24 Å². The Kier molecular flexibility index (Phi) is 6.00. The van der Waals surface area contributed by atoms with Gasteiger partial charge in [0.15, 0.2) is 0 Å². The highest BCUT2D eigenvalue weighted by atomic mass is 28.3. The van der Waals surface area contributed by atoms with E-state index in [-0.39, 0.29) is 0 Å². The summed E-state index contributed by atoms with van der Waals surface area (Å²) in [6.45, 7) is 9.58. The van der Waals surface area contributed by atoms with E-state index in [0.717, 1.165) is 19.6 Å². The zero-order chi connectivity index (χ0) is 15.8. The van der Waals surface area contributed by atoms with Gasteiger partial charge in [0, 0.05) is 13.1 Å². The molecule has 2 aromatic rings. The van der Waals surface area contributed by atoms with Crippen LogP contribution in [0.25, 0.3) is 0 Å². The summed E-state index contributed by atoms with van der Waals surface area (Å²) >= 11 is 0. The van der Waals surface area contributed by atoms with Crippen molar-refractivity contribution in [2.24, 2.45) is 0 Å². The molecule has 0 aliphatic rings. The van der Waals surface area contributed by atoms with E-state index in [0.29, 0.717) is 0 Å². The van der Waals surface area contributed by atoms with E-state index in [9.17, 15) is 0 Å². The van der Waals surface area contributed by atoms with Crippen LogP contribution in [-0.4, -0.2) is 19.5 Å². The Hall–Kier alpha value is -1.82. The van der Waals surface area contributed by atoms with Gasteiger partial charge < -0.3 is 0 Å². The largest absolute Gasteiger partial charge is 0.284 e. The van der Waals surface area contributed by atoms with Gasteiger partial charge in [-0.05, 0) is 11.1 Å². The van der Waals surface area contributed by atoms with E-state index in [1.165, 1.54) is 11.1 Å². The van der Waals surface area contributed by atoms with Crippen molar-refractivity contribution in [3.05, 3.63) is 71.8 Å². The Labute approximate surface area is 136 Å². The fourth-order valence-corrected chi connectivity index (χ4v) is 2.88. The second-order valence-electron chi connectivity index (χ2n) is 6.67. The number of benzene rings is 2. The molecule has 0 heterocycles. The van der Waals surface area contributed by atoms with Gasteiger partial charge in [-0.1, -0.05) is 86.2 Å². The summed E-state index contributed by atoms with van der Waals surface area (Å²) in [4.78, 5) is 2.41. The standard InChI is InChI=1S/C20H25NSi/c1-22(2,3)16-10-15-21(17-19-11-6-4-7-12-19)18-20-13-8-5-9-14-20/h4-9,11-14H,15,17-18H2,1-3H3. The SMILES string of the molecule is C[Si](C)(C)C#CCN(Cc1ccccc1)Cc1ccccc1. The first-order valence-electron chi connectivity index (χ1n) is 7.83. The van der Waals surface area contributed by atoms with Crippen LogP contribution in [0.1, 0.15) is 11.1 Å². The second kappa shape index (κ2) is 7.98. The van der Waals surface area contributed by atoms with E-state index in [1.807, 2.05) is 0 Å².